The van der Waals surface area contributed by atoms with Gasteiger partial charge in [0.05, 0.1) is 11.1 Å². The topological polar surface area (TPSA) is 52.0 Å². The molecule has 0 aliphatic carbocycles. The second kappa shape index (κ2) is 5.98. The van der Waals surface area contributed by atoms with Crippen LogP contribution in [0.1, 0.15) is 22.7 Å². The predicted molar refractivity (Wildman–Crippen MR) is 59.7 cm³/mol. The summed E-state index contributed by atoms with van der Waals surface area (Å²) in [6, 6.07) is 0.125. The Kier molecular flexibility index (Phi) is 5.66. The highest BCUT2D eigenvalue weighted by molar-refractivity contribution is 5.85. The molecular weight excluding hydrogens is 298 g/mol. The molecule has 0 heterocycles. The maximum absolute atomic E-state index is 12.5. The summed E-state index contributed by atoms with van der Waals surface area (Å²) in [5.74, 6) is 0. The molecule has 0 saturated carbocycles. The lowest BCUT2D eigenvalue weighted by atomic mass is 10.00. The molecule has 4 N–H and O–H groups in total. The summed E-state index contributed by atoms with van der Waals surface area (Å²) in [4.78, 5) is 0. The van der Waals surface area contributed by atoms with E-state index in [2.05, 4.69) is 0 Å². The van der Waals surface area contributed by atoms with Crippen LogP contribution in [0, 0.1) is 0 Å². The standard InChI is InChI=1S/C10H10F6N2.ClH/c11-9(12,13)6-1-5(8(18)4-17)2-7(3-6)10(14,15)16;/h1-3,8H,4,17-18H2;1H/t8-;/m0./s1. The van der Waals surface area contributed by atoms with E-state index in [0.29, 0.717) is 12.1 Å². The van der Waals surface area contributed by atoms with Gasteiger partial charge in [-0.05, 0) is 23.8 Å². The van der Waals surface area contributed by atoms with Crippen molar-refractivity contribution in [3.05, 3.63) is 34.9 Å². The normalized spacial score (nSPS) is 13.9. The molecule has 0 aliphatic rings. The van der Waals surface area contributed by atoms with Gasteiger partial charge in [0.2, 0.25) is 0 Å². The second-order valence-electron chi connectivity index (χ2n) is 3.68. The highest BCUT2D eigenvalue weighted by Gasteiger charge is 2.37. The minimum Gasteiger partial charge on any atom is -0.329 e. The third-order valence-corrected chi connectivity index (χ3v) is 2.29. The van der Waals surface area contributed by atoms with E-state index in [-0.39, 0.29) is 30.6 Å². The maximum Gasteiger partial charge on any atom is 0.416 e. The molecule has 0 aromatic heterocycles. The Morgan fingerprint density at radius 3 is 1.53 bits per heavy atom. The Morgan fingerprint density at radius 2 is 1.26 bits per heavy atom. The fraction of sp³-hybridized carbons (Fsp3) is 0.400. The molecule has 1 aromatic rings. The minimum absolute atomic E-state index is 0. The van der Waals surface area contributed by atoms with Gasteiger partial charge in [-0.1, -0.05) is 0 Å². The highest BCUT2D eigenvalue weighted by atomic mass is 35.5. The van der Waals surface area contributed by atoms with Crippen LogP contribution in [-0.2, 0) is 12.4 Å². The van der Waals surface area contributed by atoms with Crippen LogP contribution < -0.4 is 11.5 Å². The second-order valence-corrected chi connectivity index (χ2v) is 3.68. The number of alkyl halides is 6. The molecule has 1 aromatic carbocycles. The van der Waals surface area contributed by atoms with Crippen molar-refractivity contribution in [3.63, 3.8) is 0 Å². The van der Waals surface area contributed by atoms with Gasteiger partial charge in [-0.2, -0.15) is 26.3 Å². The Hall–Kier alpha value is -0.990. The van der Waals surface area contributed by atoms with Gasteiger partial charge in [-0.3, -0.25) is 0 Å². The first-order chi connectivity index (χ1) is 8.05. The van der Waals surface area contributed by atoms with Gasteiger partial charge in [0.15, 0.2) is 0 Å². The van der Waals surface area contributed by atoms with Crippen LogP contribution in [0.25, 0.3) is 0 Å². The molecule has 0 unspecified atom stereocenters. The first-order valence-corrected chi connectivity index (χ1v) is 4.80. The van der Waals surface area contributed by atoms with Crippen LogP contribution >= 0.6 is 12.4 Å². The van der Waals surface area contributed by atoms with Gasteiger partial charge < -0.3 is 11.5 Å². The molecule has 19 heavy (non-hydrogen) atoms. The van der Waals surface area contributed by atoms with Crippen molar-refractivity contribution < 1.29 is 26.3 Å². The summed E-state index contributed by atoms with van der Waals surface area (Å²) < 4.78 is 74.8. The van der Waals surface area contributed by atoms with Gasteiger partial charge in [0.25, 0.3) is 0 Å². The van der Waals surface area contributed by atoms with Crippen molar-refractivity contribution in [1.82, 2.24) is 0 Å². The van der Waals surface area contributed by atoms with E-state index in [1.54, 1.807) is 0 Å². The number of benzene rings is 1. The summed E-state index contributed by atoms with van der Waals surface area (Å²) in [5, 5.41) is 0. The van der Waals surface area contributed by atoms with Crippen molar-refractivity contribution in [1.29, 1.82) is 0 Å². The van der Waals surface area contributed by atoms with E-state index in [1.807, 2.05) is 0 Å². The summed E-state index contributed by atoms with van der Waals surface area (Å²) in [5.41, 5.74) is 7.42. The minimum atomic E-state index is -4.87. The van der Waals surface area contributed by atoms with Crippen LogP contribution in [0.3, 0.4) is 0 Å². The monoisotopic (exact) mass is 308 g/mol. The zero-order valence-electron chi connectivity index (χ0n) is 9.35. The Bertz CT molecular complexity index is 397. The lowest BCUT2D eigenvalue weighted by Gasteiger charge is -2.16. The average Bonchev–Trinajstić information content (AvgIpc) is 2.25. The van der Waals surface area contributed by atoms with Crippen molar-refractivity contribution in [2.24, 2.45) is 11.5 Å². The zero-order valence-corrected chi connectivity index (χ0v) is 10.2. The molecule has 1 atom stereocenters. The molecule has 110 valence electrons. The fourth-order valence-electron chi connectivity index (χ4n) is 1.33. The fourth-order valence-corrected chi connectivity index (χ4v) is 1.33. The average molecular weight is 309 g/mol. The van der Waals surface area contributed by atoms with Crippen LogP contribution in [0.4, 0.5) is 26.3 Å². The van der Waals surface area contributed by atoms with Crippen molar-refractivity contribution >= 4 is 12.4 Å². The van der Waals surface area contributed by atoms with E-state index in [4.69, 9.17) is 11.5 Å². The smallest absolute Gasteiger partial charge is 0.329 e. The summed E-state index contributed by atoms with van der Waals surface area (Å²) in [6.07, 6.45) is -9.74. The number of rotatable bonds is 2. The summed E-state index contributed by atoms with van der Waals surface area (Å²) in [6.45, 7) is -0.251. The Balaban J connectivity index is 0.00000324. The van der Waals surface area contributed by atoms with E-state index < -0.39 is 29.5 Å². The quantitative estimate of drug-likeness (QED) is 0.825. The van der Waals surface area contributed by atoms with E-state index in [1.165, 1.54) is 0 Å². The van der Waals surface area contributed by atoms with Crippen LogP contribution in [0.2, 0.25) is 0 Å². The summed E-state index contributed by atoms with van der Waals surface area (Å²) in [7, 11) is 0. The molecule has 9 heteroatoms. The molecule has 2 nitrogen and oxygen atoms in total. The number of hydrogen-bond donors (Lipinski definition) is 2. The molecular formula is C10H11ClF6N2. The number of hydrogen-bond acceptors (Lipinski definition) is 2. The van der Waals surface area contributed by atoms with Crippen molar-refractivity contribution in [2.75, 3.05) is 6.54 Å². The number of nitrogens with two attached hydrogens (primary N) is 2. The van der Waals surface area contributed by atoms with E-state index >= 15 is 0 Å². The third-order valence-electron chi connectivity index (χ3n) is 2.29. The van der Waals surface area contributed by atoms with E-state index in [9.17, 15) is 26.3 Å². The highest BCUT2D eigenvalue weighted by Crippen LogP contribution is 2.37. The Labute approximate surface area is 111 Å². The van der Waals surface area contributed by atoms with Crippen LogP contribution in [0.15, 0.2) is 18.2 Å². The first kappa shape index (κ1) is 18.0. The molecule has 1 rings (SSSR count). The van der Waals surface area contributed by atoms with Crippen LogP contribution in [-0.4, -0.2) is 6.54 Å². The lowest BCUT2D eigenvalue weighted by molar-refractivity contribution is -0.143. The van der Waals surface area contributed by atoms with Crippen LogP contribution in [0.5, 0.6) is 0 Å². The van der Waals surface area contributed by atoms with E-state index in [0.717, 1.165) is 0 Å². The molecule has 0 aliphatic heterocycles. The lowest BCUT2D eigenvalue weighted by Crippen LogP contribution is -2.22. The molecule has 0 bridgehead atoms. The predicted octanol–water partition coefficient (Wildman–Crippen LogP) is 3.10. The van der Waals surface area contributed by atoms with Crippen molar-refractivity contribution in [3.8, 4) is 0 Å². The maximum atomic E-state index is 12.5. The van der Waals surface area contributed by atoms with Gasteiger partial charge in [-0.15, -0.1) is 12.4 Å². The molecule has 0 spiro atoms. The van der Waals surface area contributed by atoms with Crippen molar-refractivity contribution in [2.45, 2.75) is 18.4 Å². The zero-order chi connectivity index (χ0) is 14.1. The largest absolute Gasteiger partial charge is 0.416 e. The number of halogens is 7. The SMILES string of the molecule is Cl.NC[C@H](N)c1cc(C(F)(F)F)cc(C(F)(F)F)c1. The molecule has 0 fully saturated rings. The molecule has 0 amide bonds. The first-order valence-electron chi connectivity index (χ1n) is 4.80. The van der Waals surface area contributed by atoms with Gasteiger partial charge in [0, 0.05) is 12.6 Å². The molecule has 0 radical (unpaired) electrons. The Morgan fingerprint density at radius 1 is 0.895 bits per heavy atom. The van der Waals surface area contributed by atoms with Gasteiger partial charge >= 0.3 is 12.4 Å². The molecule has 0 saturated heterocycles. The van der Waals surface area contributed by atoms with Gasteiger partial charge in [-0.25, -0.2) is 0 Å². The third kappa shape index (κ3) is 4.55. The summed E-state index contributed by atoms with van der Waals surface area (Å²) >= 11 is 0. The van der Waals surface area contributed by atoms with Gasteiger partial charge in [0.1, 0.15) is 0 Å².